The molecule has 1 aliphatic rings. The zero-order chi connectivity index (χ0) is 10.9. The maximum atomic E-state index is 12.6. The van der Waals surface area contributed by atoms with Crippen molar-refractivity contribution >= 4 is 11.8 Å². The molecular formula is C10H6F3N2. The molecular weight excluding hydrogens is 205 g/mol. The largest absolute Gasteiger partial charge is 0.417 e. The number of hydrogen-bond donors (Lipinski definition) is 0. The number of nitrogens with zero attached hydrogens (tertiary/aromatic N) is 2. The van der Waals surface area contributed by atoms with Crippen molar-refractivity contribution in [1.29, 1.82) is 0 Å². The van der Waals surface area contributed by atoms with Crippen molar-refractivity contribution < 1.29 is 13.2 Å². The molecule has 1 aliphatic heterocycles. The van der Waals surface area contributed by atoms with E-state index in [1.54, 1.807) is 6.07 Å². The van der Waals surface area contributed by atoms with Gasteiger partial charge in [0.2, 0.25) is 0 Å². The Morgan fingerprint density at radius 2 is 1.80 bits per heavy atom. The highest BCUT2D eigenvalue weighted by molar-refractivity contribution is 6.11. The summed E-state index contributed by atoms with van der Waals surface area (Å²) in [5, 5.41) is 3.50. The van der Waals surface area contributed by atoms with Crippen LogP contribution in [0.5, 0.6) is 0 Å². The van der Waals surface area contributed by atoms with Crippen LogP contribution in [-0.2, 0) is 6.18 Å². The van der Waals surface area contributed by atoms with Crippen LogP contribution < -0.4 is 5.43 Å². The maximum Gasteiger partial charge on any atom is 0.417 e. The van der Waals surface area contributed by atoms with Crippen molar-refractivity contribution in [2.24, 2.45) is 5.10 Å². The Hall–Kier alpha value is -1.78. The number of halogens is 3. The fourth-order valence-electron chi connectivity index (χ4n) is 1.35. The lowest BCUT2D eigenvalue weighted by Crippen LogP contribution is -2.08. The average Bonchev–Trinajstić information content (AvgIpc) is 2.69. The molecule has 77 valence electrons. The van der Waals surface area contributed by atoms with Gasteiger partial charge in [-0.25, -0.2) is 0 Å². The average molecular weight is 211 g/mol. The predicted molar refractivity (Wildman–Crippen MR) is 50.0 cm³/mol. The van der Waals surface area contributed by atoms with Crippen LogP contribution in [0, 0.1) is 0 Å². The molecule has 0 saturated heterocycles. The van der Waals surface area contributed by atoms with Crippen molar-refractivity contribution in [3.63, 3.8) is 0 Å². The van der Waals surface area contributed by atoms with Crippen molar-refractivity contribution in [3.05, 3.63) is 41.6 Å². The summed E-state index contributed by atoms with van der Waals surface area (Å²) in [5.74, 6) is 0. The topological polar surface area (TPSA) is 26.5 Å². The fraction of sp³-hybridized carbons (Fsp3) is 0.100. The molecule has 0 atom stereocenters. The van der Waals surface area contributed by atoms with Crippen LogP contribution in [-0.4, -0.2) is 6.21 Å². The van der Waals surface area contributed by atoms with Gasteiger partial charge in [0.15, 0.2) is 0 Å². The Bertz CT molecular complexity index is 433. The van der Waals surface area contributed by atoms with Crippen LogP contribution in [0.25, 0.3) is 5.57 Å². The summed E-state index contributed by atoms with van der Waals surface area (Å²) in [6.45, 7) is 0. The minimum Gasteiger partial charge on any atom is -0.166 e. The van der Waals surface area contributed by atoms with Crippen LogP contribution in [0.4, 0.5) is 13.2 Å². The van der Waals surface area contributed by atoms with Crippen LogP contribution in [0.3, 0.4) is 0 Å². The number of allylic oxidation sites excluding steroid dienone is 1. The first-order valence-corrected chi connectivity index (χ1v) is 4.19. The molecule has 0 amide bonds. The summed E-state index contributed by atoms with van der Waals surface area (Å²) in [7, 11) is 0. The second kappa shape index (κ2) is 3.42. The molecule has 2 rings (SSSR count). The molecule has 1 heterocycles. The first-order valence-electron chi connectivity index (χ1n) is 4.19. The lowest BCUT2D eigenvalue weighted by atomic mass is 10.0. The molecule has 0 fully saturated rings. The monoisotopic (exact) mass is 211 g/mol. The summed E-state index contributed by atoms with van der Waals surface area (Å²) in [6.07, 6.45) is -1.73. The highest BCUT2D eigenvalue weighted by atomic mass is 19.4. The van der Waals surface area contributed by atoms with E-state index in [-0.39, 0.29) is 5.56 Å². The third-order valence-electron chi connectivity index (χ3n) is 2.00. The molecule has 1 aromatic rings. The smallest absolute Gasteiger partial charge is 0.166 e. The van der Waals surface area contributed by atoms with E-state index in [0.717, 1.165) is 6.07 Å². The Kier molecular flexibility index (Phi) is 2.22. The van der Waals surface area contributed by atoms with Crippen molar-refractivity contribution in [2.75, 3.05) is 0 Å². The Morgan fingerprint density at radius 3 is 2.40 bits per heavy atom. The van der Waals surface area contributed by atoms with E-state index in [2.05, 4.69) is 10.5 Å². The van der Waals surface area contributed by atoms with Gasteiger partial charge in [-0.05, 0) is 11.6 Å². The van der Waals surface area contributed by atoms with Gasteiger partial charge in [-0.2, -0.15) is 23.7 Å². The summed E-state index contributed by atoms with van der Waals surface area (Å²) in [5.41, 5.74) is 3.32. The predicted octanol–water partition coefficient (Wildman–Crippen LogP) is 2.65. The number of hydrogen-bond acceptors (Lipinski definition) is 1. The molecule has 15 heavy (non-hydrogen) atoms. The lowest BCUT2D eigenvalue weighted by molar-refractivity contribution is -0.137. The van der Waals surface area contributed by atoms with Gasteiger partial charge in [0.05, 0.1) is 18.0 Å². The van der Waals surface area contributed by atoms with Crippen LogP contribution >= 0.6 is 0 Å². The van der Waals surface area contributed by atoms with E-state index in [4.69, 9.17) is 0 Å². The van der Waals surface area contributed by atoms with Gasteiger partial charge in [0.1, 0.15) is 0 Å². The first-order chi connectivity index (χ1) is 7.09. The highest BCUT2D eigenvalue weighted by Crippen LogP contribution is 2.34. The molecule has 2 nitrogen and oxygen atoms in total. The van der Waals surface area contributed by atoms with Gasteiger partial charge >= 0.3 is 6.18 Å². The maximum absolute atomic E-state index is 12.6. The van der Waals surface area contributed by atoms with Gasteiger partial charge in [0.25, 0.3) is 0 Å². The summed E-state index contributed by atoms with van der Waals surface area (Å²) < 4.78 is 37.8. The molecule has 0 aliphatic carbocycles. The normalized spacial score (nSPS) is 15.0. The Balaban J connectivity index is 2.52. The third-order valence-corrected chi connectivity index (χ3v) is 2.00. The van der Waals surface area contributed by atoms with E-state index in [0.29, 0.717) is 5.57 Å². The minimum atomic E-state index is -4.35. The molecule has 0 aromatic heterocycles. The lowest BCUT2D eigenvalue weighted by Gasteiger charge is -2.11. The quantitative estimate of drug-likeness (QED) is 0.682. The second-order valence-corrected chi connectivity index (χ2v) is 2.99. The van der Waals surface area contributed by atoms with Crippen molar-refractivity contribution in [1.82, 2.24) is 5.43 Å². The summed E-state index contributed by atoms with van der Waals surface area (Å²) in [4.78, 5) is 0. The van der Waals surface area contributed by atoms with Gasteiger partial charge in [-0.15, -0.1) is 0 Å². The molecule has 0 N–H and O–H groups in total. The molecule has 0 bridgehead atoms. The van der Waals surface area contributed by atoms with E-state index in [1.807, 2.05) is 0 Å². The van der Waals surface area contributed by atoms with Gasteiger partial charge in [-0.1, -0.05) is 18.2 Å². The van der Waals surface area contributed by atoms with Crippen molar-refractivity contribution in [2.45, 2.75) is 6.18 Å². The molecule has 5 heteroatoms. The first kappa shape index (κ1) is 9.76. The van der Waals surface area contributed by atoms with Crippen LogP contribution in [0.15, 0.2) is 35.6 Å². The summed E-state index contributed by atoms with van der Waals surface area (Å²) >= 11 is 0. The zero-order valence-electron chi connectivity index (χ0n) is 7.49. The Labute approximate surface area is 84.1 Å². The number of rotatable bonds is 1. The Morgan fingerprint density at radius 1 is 1.07 bits per heavy atom. The highest BCUT2D eigenvalue weighted by Gasteiger charge is 2.33. The van der Waals surface area contributed by atoms with E-state index < -0.39 is 11.7 Å². The van der Waals surface area contributed by atoms with Crippen LogP contribution in [0.1, 0.15) is 11.1 Å². The third kappa shape index (κ3) is 1.86. The number of benzene rings is 1. The van der Waals surface area contributed by atoms with Gasteiger partial charge in [-0.3, -0.25) is 0 Å². The van der Waals surface area contributed by atoms with Crippen LogP contribution in [0.2, 0.25) is 0 Å². The molecule has 0 unspecified atom stereocenters. The number of alkyl halides is 3. The van der Waals surface area contributed by atoms with E-state index in [1.165, 1.54) is 24.5 Å². The molecule has 1 aromatic carbocycles. The SMILES string of the molecule is FC(F)(F)c1ccccc1C1=C[N]N=C1. The van der Waals surface area contributed by atoms with E-state index in [9.17, 15) is 13.2 Å². The van der Waals surface area contributed by atoms with Gasteiger partial charge < -0.3 is 0 Å². The fourth-order valence-corrected chi connectivity index (χ4v) is 1.35. The van der Waals surface area contributed by atoms with Gasteiger partial charge in [0, 0.05) is 5.57 Å². The minimum absolute atomic E-state index is 0.106. The zero-order valence-corrected chi connectivity index (χ0v) is 7.49. The van der Waals surface area contributed by atoms with Crippen molar-refractivity contribution in [3.8, 4) is 0 Å². The second-order valence-electron chi connectivity index (χ2n) is 2.99. The molecule has 1 radical (unpaired) electrons. The standard InChI is InChI=1S/C10H6F3N2/c11-10(12,13)9-4-2-1-3-8(9)7-5-14-15-6-7/h1-6H. The summed E-state index contributed by atoms with van der Waals surface area (Å²) in [6, 6.07) is 5.36. The molecule has 0 spiro atoms. The molecule has 0 saturated carbocycles. The van der Waals surface area contributed by atoms with E-state index >= 15 is 0 Å².